The van der Waals surface area contributed by atoms with Gasteiger partial charge in [0, 0.05) is 29.3 Å². The Kier molecular flexibility index (Phi) is 5.79. The summed E-state index contributed by atoms with van der Waals surface area (Å²) in [5.74, 6) is -1.16. The largest absolute Gasteiger partial charge is 0.382 e. The molecule has 0 saturated carbocycles. The summed E-state index contributed by atoms with van der Waals surface area (Å²) in [5, 5.41) is 15.0. The van der Waals surface area contributed by atoms with Gasteiger partial charge >= 0.3 is 0 Å². The quantitative estimate of drug-likeness (QED) is 0.432. The molecular formula is C18H15F2N7OS2. The van der Waals surface area contributed by atoms with Gasteiger partial charge in [-0.3, -0.25) is 4.98 Å². The van der Waals surface area contributed by atoms with Crippen molar-refractivity contribution < 1.29 is 13.9 Å². The van der Waals surface area contributed by atoms with Gasteiger partial charge in [0.2, 0.25) is 0 Å². The number of thioether (sulfide) groups is 1. The third-order valence-electron chi connectivity index (χ3n) is 4.42. The molecule has 3 heterocycles. The zero-order chi connectivity index (χ0) is 21.1. The Morgan fingerprint density at radius 2 is 2.13 bits per heavy atom. The van der Waals surface area contributed by atoms with Gasteiger partial charge in [-0.15, -0.1) is 0 Å². The van der Waals surface area contributed by atoms with Gasteiger partial charge in [-0.05, 0) is 24.5 Å². The molecule has 4 aromatic rings. The SMILES string of the molecule is C[C@@H](Sc1nc(-c2cnccn2)ns1)[C@](O)(Cn1cncn1)c1ccc(F)cc1F. The zero-order valence-corrected chi connectivity index (χ0v) is 17.2. The summed E-state index contributed by atoms with van der Waals surface area (Å²) >= 11 is 2.35. The molecule has 0 aliphatic heterocycles. The summed E-state index contributed by atoms with van der Waals surface area (Å²) in [5.41, 5.74) is -1.25. The molecule has 154 valence electrons. The Bertz CT molecular complexity index is 1130. The van der Waals surface area contributed by atoms with E-state index in [1.54, 1.807) is 25.5 Å². The molecule has 0 bridgehead atoms. The van der Waals surface area contributed by atoms with Gasteiger partial charge < -0.3 is 5.11 Å². The summed E-state index contributed by atoms with van der Waals surface area (Å²) < 4.78 is 34.3. The van der Waals surface area contributed by atoms with E-state index in [-0.39, 0.29) is 12.1 Å². The van der Waals surface area contributed by atoms with Crippen molar-refractivity contribution in [1.29, 1.82) is 0 Å². The monoisotopic (exact) mass is 447 g/mol. The van der Waals surface area contributed by atoms with Crippen LogP contribution in [0.4, 0.5) is 8.78 Å². The Labute approximate surface area is 178 Å². The van der Waals surface area contributed by atoms with Crippen molar-refractivity contribution in [3.05, 3.63) is 66.6 Å². The molecule has 8 nitrogen and oxygen atoms in total. The van der Waals surface area contributed by atoms with Gasteiger partial charge in [0.25, 0.3) is 0 Å². The van der Waals surface area contributed by atoms with E-state index in [1.807, 2.05) is 0 Å². The highest BCUT2D eigenvalue weighted by atomic mass is 32.2. The molecular weight excluding hydrogens is 432 g/mol. The van der Waals surface area contributed by atoms with Crippen LogP contribution in [0.2, 0.25) is 0 Å². The normalized spacial score (nSPS) is 14.4. The summed E-state index contributed by atoms with van der Waals surface area (Å²) in [6.45, 7) is 1.65. The van der Waals surface area contributed by atoms with Crippen molar-refractivity contribution in [2.75, 3.05) is 0 Å². The van der Waals surface area contributed by atoms with Crippen LogP contribution in [-0.4, -0.2) is 44.4 Å². The lowest BCUT2D eigenvalue weighted by Gasteiger charge is -2.33. The van der Waals surface area contributed by atoms with Gasteiger partial charge in [-0.1, -0.05) is 17.8 Å². The van der Waals surface area contributed by atoms with E-state index in [4.69, 9.17) is 0 Å². The van der Waals surface area contributed by atoms with E-state index >= 15 is 0 Å². The van der Waals surface area contributed by atoms with Crippen LogP contribution in [0, 0.1) is 11.6 Å². The lowest BCUT2D eigenvalue weighted by atomic mass is 9.90. The minimum atomic E-state index is -1.73. The average molecular weight is 447 g/mol. The topological polar surface area (TPSA) is 102 Å². The maximum absolute atomic E-state index is 14.6. The maximum Gasteiger partial charge on any atom is 0.194 e. The van der Waals surface area contributed by atoms with Gasteiger partial charge in [0.1, 0.15) is 35.6 Å². The molecule has 1 aromatic carbocycles. The Balaban J connectivity index is 1.64. The van der Waals surface area contributed by atoms with Crippen molar-refractivity contribution >= 4 is 23.3 Å². The molecule has 12 heteroatoms. The molecule has 0 radical (unpaired) electrons. The molecule has 0 saturated heterocycles. The molecule has 0 fully saturated rings. The third-order valence-corrected chi connectivity index (χ3v) is 6.48. The molecule has 1 N–H and O–H groups in total. The van der Waals surface area contributed by atoms with E-state index < -0.39 is 22.5 Å². The fourth-order valence-corrected chi connectivity index (χ4v) is 4.84. The highest BCUT2D eigenvalue weighted by molar-refractivity contribution is 8.01. The molecule has 0 aliphatic rings. The van der Waals surface area contributed by atoms with Gasteiger partial charge in [0.05, 0.1) is 12.7 Å². The Hall–Kier alpha value is -2.83. The summed E-state index contributed by atoms with van der Waals surface area (Å²) in [6.07, 6.45) is 7.38. The highest BCUT2D eigenvalue weighted by Crippen LogP contribution is 2.40. The van der Waals surface area contributed by atoms with Crippen molar-refractivity contribution in [3.63, 3.8) is 0 Å². The van der Waals surface area contributed by atoms with Gasteiger partial charge in [-0.2, -0.15) is 9.47 Å². The van der Waals surface area contributed by atoms with Crippen molar-refractivity contribution in [3.8, 4) is 11.5 Å². The van der Waals surface area contributed by atoms with E-state index in [0.29, 0.717) is 15.9 Å². The number of hydrogen-bond acceptors (Lipinski definition) is 9. The third kappa shape index (κ3) is 4.20. The number of benzene rings is 1. The minimum absolute atomic E-state index is 0.0435. The number of aliphatic hydroxyl groups is 1. The second-order valence-corrected chi connectivity index (χ2v) is 8.72. The molecule has 0 amide bonds. The van der Waals surface area contributed by atoms with Crippen LogP contribution in [0.25, 0.3) is 11.5 Å². The van der Waals surface area contributed by atoms with E-state index in [9.17, 15) is 13.9 Å². The molecule has 0 aliphatic carbocycles. The first-order valence-corrected chi connectivity index (χ1v) is 10.4. The minimum Gasteiger partial charge on any atom is -0.382 e. The first-order chi connectivity index (χ1) is 14.5. The van der Waals surface area contributed by atoms with Gasteiger partial charge in [0.15, 0.2) is 10.2 Å². The van der Waals surface area contributed by atoms with E-state index in [0.717, 1.165) is 23.7 Å². The number of nitrogens with zero attached hydrogens (tertiary/aromatic N) is 7. The number of hydrogen-bond donors (Lipinski definition) is 1. The molecule has 3 aromatic heterocycles. The van der Waals surface area contributed by atoms with E-state index in [1.165, 1.54) is 35.2 Å². The lowest BCUT2D eigenvalue weighted by molar-refractivity contribution is 0.0133. The van der Waals surface area contributed by atoms with Crippen LogP contribution in [0.5, 0.6) is 0 Å². The highest BCUT2D eigenvalue weighted by Gasteiger charge is 2.40. The Morgan fingerprint density at radius 1 is 1.27 bits per heavy atom. The average Bonchev–Trinajstić information content (AvgIpc) is 3.40. The van der Waals surface area contributed by atoms with Crippen molar-refractivity contribution in [2.24, 2.45) is 0 Å². The second kappa shape index (κ2) is 8.50. The van der Waals surface area contributed by atoms with Gasteiger partial charge in [-0.25, -0.2) is 28.4 Å². The van der Waals surface area contributed by atoms with Crippen LogP contribution in [0.15, 0.2) is 53.8 Å². The van der Waals surface area contributed by atoms with Crippen LogP contribution >= 0.6 is 23.3 Å². The molecule has 0 spiro atoms. The molecule has 0 unspecified atom stereocenters. The first kappa shape index (κ1) is 20.4. The van der Waals surface area contributed by atoms with Crippen LogP contribution in [0.3, 0.4) is 0 Å². The van der Waals surface area contributed by atoms with Crippen LogP contribution in [0.1, 0.15) is 12.5 Å². The van der Waals surface area contributed by atoms with E-state index in [2.05, 4.69) is 29.4 Å². The fourth-order valence-electron chi connectivity index (χ4n) is 2.86. The number of halogens is 2. The summed E-state index contributed by atoms with van der Waals surface area (Å²) in [4.78, 5) is 16.5. The number of aromatic nitrogens is 7. The smallest absolute Gasteiger partial charge is 0.194 e. The molecule has 4 rings (SSSR count). The predicted molar refractivity (Wildman–Crippen MR) is 107 cm³/mol. The lowest BCUT2D eigenvalue weighted by Crippen LogP contribution is -2.41. The first-order valence-electron chi connectivity index (χ1n) is 8.73. The number of rotatable bonds is 7. The Morgan fingerprint density at radius 3 is 2.83 bits per heavy atom. The summed E-state index contributed by atoms with van der Waals surface area (Å²) in [7, 11) is 0. The fraction of sp³-hybridized carbons (Fsp3) is 0.222. The standard InChI is InChI=1S/C18H15F2N7OS2/c1-11(29-17-25-16(26-30-17)15-7-21-4-5-23-15)18(28,8-27-10-22-9-24-27)13-3-2-12(19)6-14(13)20/h2-7,9-11,28H,8H2,1H3/t11-,18-/m1/s1. The second-order valence-electron chi connectivity index (χ2n) is 6.38. The predicted octanol–water partition coefficient (Wildman–Crippen LogP) is 2.93. The van der Waals surface area contributed by atoms with Crippen LogP contribution < -0.4 is 0 Å². The molecule has 2 atom stereocenters. The van der Waals surface area contributed by atoms with Crippen LogP contribution in [-0.2, 0) is 12.1 Å². The zero-order valence-electron chi connectivity index (χ0n) is 15.6. The van der Waals surface area contributed by atoms with Crippen molar-refractivity contribution in [2.45, 2.75) is 28.7 Å². The maximum atomic E-state index is 14.6. The van der Waals surface area contributed by atoms with Crippen molar-refractivity contribution in [1.82, 2.24) is 34.1 Å². The molecule has 30 heavy (non-hydrogen) atoms. The summed E-state index contributed by atoms with van der Waals surface area (Å²) in [6, 6.07) is 3.10.